The Morgan fingerprint density at radius 3 is 2.62 bits per heavy atom. The Morgan fingerprint density at radius 2 is 1.90 bits per heavy atom. The molecule has 150 valence electrons. The lowest BCUT2D eigenvalue weighted by atomic mass is 10.2. The fourth-order valence-electron chi connectivity index (χ4n) is 2.62. The van der Waals surface area contributed by atoms with Crippen LogP contribution >= 0.6 is 11.3 Å². The molecule has 8 heteroatoms. The van der Waals surface area contributed by atoms with E-state index in [1.165, 1.54) is 35.6 Å². The zero-order valence-electron chi connectivity index (χ0n) is 16.0. The molecule has 2 aromatic carbocycles. The van der Waals surface area contributed by atoms with E-state index in [-0.39, 0.29) is 18.2 Å². The van der Waals surface area contributed by atoms with Crippen molar-refractivity contribution in [2.45, 2.75) is 19.8 Å². The Bertz CT molecular complexity index is 1020. The molecule has 0 aliphatic carbocycles. The number of amides is 2. The van der Waals surface area contributed by atoms with Gasteiger partial charge in [0, 0.05) is 17.4 Å². The smallest absolute Gasteiger partial charge is 0.257 e. The van der Waals surface area contributed by atoms with Gasteiger partial charge < -0.3 is 10.1 Å². The van der Waals surface area contributed by atoms with Crippen molar-refractivity contribution in [3.05, 3.63) is 70.5 Å². The third-order valence-corrected chi connectivity index (χ3v) is 4.92. The van der Waals surface area contributed by atoms with Crippen molar-refractivity contribution >= 4 is 34.0 Å². The lowest BCUT2D eigenvalue weighted by molar-refractivity contribution is -0.116. The highest BCUT2D eigenvalue weighted by Crippen LogP contribution is 2.25. The largest absolute Gasteiger partial charge is 0.495 e. The minimum atomic E-state index is -0.403. The molecular weight excluding hydrogens is 393 g/mol. The number of benzene rings is 2. The molecule has 0 aliphatic rings. The summed E-state index contributed by atoms with van der Waals surface area (Å²) in [6.07, 6.45) is 0.676. The second-order valence-electron chi connectivity index (χ2n) is 6.36. The van der Waals surface area contributed by atoms with Crippen molar-refractivity contribution in [1.82, 2.24) is 4.98 Å². The van der Waals surface area contributed by atoms with Gasteiger partial charge in [-0.2, -0.15) is 0 Å². The van der Waals surface area contributed by atoms with Gasteiger partial charge in [0.15, 0.2) is 5.13 Å². The standard InChI is InChI=1S/C21H20FN3O3S/c1-13-3-9-18(28-2)17(11-13)24-19(26)10-8-16-12-29-21(23-16)25-20(27)14-4-6-15(22)7-5-14/h3-7,9,11-12H,8,10H2,1-2H3,(H,24,26)(H,23,25,27). The number of ether oxygens (including phenoxy) is 1. The minimum Gasteiger partial charge on any atom is -0.495 e. The molecule has 0 aliphatic heterocycles. The Hall–Kier alpha value is -3.26. The van der Waals surface area contributed by atoms with Gasteiger partial charge in [0.25, 0.3) is 5.91 Å². The van der Waals surface area contributed by atoms with Crippen LogP contribution in [0, 0.1) is 12.7 Å². The molecular formula is C21H20FN3O3S. The van der Waals surface area contributed by atoms with Crippen molar-refractivity contribution < 1.29 is 18.7 Å². The molecule has 1 aromatic heterocycles. The Morgan fingerprint density at radius 1 is 1.14 bits per heavy atom. The number of halogens is 1. The maximum Gasteiger partial charge on any atom is 0.257 e. The summed E-state index contributed by atoms with van der Waals surface area (Å²) < 4.78 is 18.2. The molecule has 0 bridgehead atoms. The van der Waals surface area contributed by atoms with E-state index in [1.54, 1.807) is 12.5 Å². The van der Waals surface area contributed by atoms with Gasteiger partial charge in [-0.25, -0.2) is 9.37 Å². The molecule has 2 amide bonds. The topological polar surface area (TPSA) is 80.3 Å². The molecule has 3 rings (SSSR count). The lowest BCUT2D eigenvalue weighted by Crippen LogP contribution is -2.13. The van der Waals surface area contributed by atoms with Crippen LogP contribution in [0.1, 0.15) is 28.0 Å². The Balaban J connectivity index is 1.54. The Kier molecular flexibility index (Phi) is 6.56. The molecule has 0 atom stereocenters. The van der Waals surface area contributed by atoms with Gasteiger partial charge >= 0.3 is 0 Å². The summed E-state index contributed by atoms with van der Waals surface area (Å²) in [4.78, 5) is 28.7. The number of carbonyl (C=O) groups excluding carboxylic acids is 2. The van der Waals surface area contributed by atoms with Crippen molar-refractivity contribution in [2.24, 2.45) is 0 Å². The fraction of sp³-hybridized carbons (Fsp3) is 0.190. The van der Waals surface area contributed by atoms with Gasteiger partial charge in [-0.1, -0.05) is 6.07 Å². The summed E-state index contributed by atoms with van der Waals surface area (Å²) in [5.74, 6) is -0.322. The summed E-state index contributed by atoms with van der Waals surface area (Å²) >= 11 is 1.27. The highest BCUT2D eigenvalue weighted by molar-refractivity contribution is 7.14. The molecule has 0 saturated carbocycles. The predicted molar refractivity (Wildman–Crippen MR) is 111 cm³/mol. The molecule has 0 fully saturated rings. The zero-order chi connectivity index (χ0) is 20.8. The first-order valence-electron chi connectivity index (χ1n) is 8.90. The number of methoxy groups -OCH3 is 1. The highest BCUT2D eigenvalue weighted by Gasteiger charge is 2.12. The lowest BCUT2D eigenvalue weighted by Gasteiger charge is -2.10. The van der Waals surface area contributed by atoms with E-state index in [9.17, 15) is 14.0 Å². The molecule has 0 unspecified atom stereocenters. The first-order valence-corrected chi connectivity index (χ1v) is 9.78. The van der Waals surface area contributed by atoms with E-state index in [2.05, 4.69) is 15.6 Å². The van der Waals surface area contributed by atoms with E-state index in [0.29, 0.717) is 34.2 Å². The van der Waals surface area contributed by atoms with Crippen LogP contribution in [0.5, 0.6) is 5.75 Å². The van der Waals surface area contributed by atoms with Gasteiger partial charge in [0.2, 0.25) is 5.91 Å². The van der Waals surface area contributed by atoms with E-state index in [0.717, 1.165) is 5.56 Å². The van der Waals surface area contributed by atoms with Crippen LogP contribution < -0.4 is 15.4 Å². The zero-order valence-corrected chi connectivity index (χ0v) is 16.8. The molecule has 3 aromatic rings. The number of aryl methyl sites for hydroxylation is 2. The number of thiazole rings is 1. The van der Waals surface area contributed by atoms with Crippen molar-refractivity contribution in [3.63, 3.8) is 0 Å². The minimum absolute atomic E-state index is 0.154. The summed E-state index contributed by atoms with van der Waals surface area (Å²) in [6.45, 7) is 1.94. The van der Waals surface area contributed by atoms with Gasteiger partial charge in [0.05, 0.1) is 18.5 Å². The van der Waals surface area contributed by atoms with E-state index in [4.69, 9.17) is 4.74 Å². The fourth-order valence-corrected chi connectivity index (χ4v) is 3.36. The summed E-state index contributed by atoms with van der Waals surface area (Å²) in [7, 11) is 1.55. The predicted octanol–water partition coefficient (Wildman–Crippen LogP) is 4.42. The van der Waals surface area contributed by atoms with Crippen LogP contribution in [0.4, 0.5) is 15.2 Å². The highest BCUT2D eigenvalue weighted by atomic mass is 32.1. The third kappa shape index (κ3) is 5.61. The third-order valence-electron chi connectivity index (χ3n) is 4.12. The van der Waals surface area contributed by atoms with Gasteiger partial charge in [-0.15, -0.1) is 11.3 Å². The second kappa shape index (κ2) is 9.29. The average Bonchev–Trinajstić information content (AvgIpc) is 3.14. The number of aromatic nitrogens is 1. The maximum absolute atomic E-state index is 12.9. The number of anilines is 2. The molecule has 6 nitrogen and oxygen atoms in total. The van der Waals surface area contributed by atoms with Crippen LogP contribution in [0.3, 0.4) is 0 Å². The van der Waals surface area contributed by atoms with Crippen molar-refractivity contribution in [3.8, 4) is 5.75 Å². The van der Waals surface area contributed by atoms with Crippen LogP contribution in [0.15, 0.2) is 47.8 Å². The summed E-state index contributed by atoms with van der Waals surface area (Å²) in [5, 5.41) is 7.74. The first kappa shape index (κ1) is 20.5. The summed E-state index contributed by atoms with van der Waals surface area (Å²) in [6, 6.07) is 10.8. The van der Waals surface area contributed by atoms with Crippen LogP contribution in [0.25, 0.3) is 0 Å². The van der Waals surface area contributed by atoms with E-state index >= 15 is 0 Å². The van der Waals surface area contributed by atoms with E-state index in [1.807, 2.05) is 25.1 Å². The van der Waals surface area contributed by atoms with Gasteiger partial charge in [-0.05, 0) is 55.3 Å². The molecule has 1 heterocycles. The van der Waals surface area contributed by atoms with Gasteiger partial charge in [-0.3, -0.25) is 14.9 Å². The number of nitrogens with one attached hydrogen (secondary N) is 2. The van der Waals surface area contributed by atoms with Crippen molar-refractivity contribution in [2.75, 3.05) is 17.7 Å². The molecule has 0 spiro atoms. The Labute approximate surface area is 171 Å². The van der Waals surface area contributed by atoms with Crippen LogP contribution in [0.2, 0.25) is 0 Å². The maximum atomic E-state index is 12.9. The van der Waals surface area contributed by atoms with Crippen molar-refractivity contribution in [1.29, 1.82) is 0 Å². The number of carbonyl (C=O) groups is 2. The van der Waals surface area contributed by atoms with Crippen LogP contribution in [-0.4, -0.2) is 23.9 Å². The molecule has 29 heavy (non-hydrogen) atoms. The quantitative estimate of drug-likeness (QED) is 0.601. The van der Waals surface area contributed by atoms with Gasteiger partial charge in [0.1, 0.15) is 11.6 Å². The number of hydrogen-bond acceptors (Lipinski definition) is 5. The summed E-state index contributed by atoms with van der Waals surface area (Å²) in [5.41, 5.74) is 2.69. The van der Waals surface area contributed by atoms with Crippen LogP contribution in [-0.2, 0) is 11.2 Å². The number of hydrogen-bond donors (Lipinski definition) is 2. The normalized spacial score (nSPS) is 10.4. The average molecular weight is 413 g/mol. The molecule has 0 radical (unpaired) electrons. The SMILES string of the molecule is COc1ccc(C)cc1NC(=O)CCc1csc(NC(=O)c2ccc(F)cc2)n1. The molecule has 2 N–H and O–H groups in total. The number of nitrogens with zero attached hydrogens (tertiary/aromatic N) is 1. The first-order chi connectivity index (χ1) is 13.9. The number of rotatable bonds is 7. The molecule has 0 saturated heterocycles. The monoisotopic (exact) mass is 413 g/mol. The second-order valence-corrected chi connectivity index (χ2v) is 7.22. The van der Waals surface area contributed by atoms with E-state index < -0.39 is 5.82 Å².